The summed E-state index contributed by atoms with van der Waals surface area (Å²) in [5.41, 5.74) is 1.40. The van der Waals surface area contributed by atoms with Crippen molar-refractivity contribution >= 4 is 38.2 Å². The van der Waals surface area contributed by atoms with Crippen LogP contribution >= 0.6 is 15.9 Å². The molecule has 7 heteroatoms. The standard InChI is InChI=1S/C13H12BrN3O3.C3H8/c14-10-3-1-2-9-12(10)15-8-11(17(18)19)13(9)16-4-6-20-7-5-16;1-3-2/h1-3,8H,4-7H2;3H2,1-2H3. The first kappa shape index (κ1) is 17.6. The Morgan fingerprint density at radius 3 is 2.61 bits per heavy atom. The van der Waals surface area contributed by atoms with Gasteiger partial charge in [-0.2, -0.15) is 0 Å². The summed E-state index contributed by atoms with van der Waals surface area (Å²) in [5.74, 6) is 0. The van der Waals surface area contributed by atoms with Crippen LogP contribution in [-0.2, 0) is 4.74 Å². The van der Waals surface area contributed by atoms with Gasteiger partial charge < -0.3 is 9.64 Å². The van der Waals surface area contributed by atoms with Gasteiger partial charge in [-0.1, -0.05) is 32.4 Å². The summed E-state index contributed by atoms with van der Waals surface area (Å²) in [6.07, 6.45) is 2.58. The maximum absolute atomic E-state index is 11.3. The Bertz CT molecular complexity index is 688. The highest BCUT2D eigenvalue weighted by Gasteiger charge is 2.25. The van der Waals surface area contributed by atoms with Gasteiger partial charge in [-0.3, -0.25) is 10.1 Å². The summed E-state index contributed by atoms with van der Waals surface area (Å²) in [6.45, 7) is 6.70. The van der Waals surface area contributed by atoms with Crippen molar-refractivity contribution in [3.8, 4) is 0 Å². The highest BCUT2D eigenvalue weighted by molar-refractivity contribution is 9.10. The molecule has 1 aromatic heterocycles. The van der Waals surface area contributed by atoms with Gasteiger partial charge in [0, 0.05) is 22.9 Å². The number of fused-ring (bicyclic) bond motifs is 1. The molecule has 0 spiro atoms. The minimum Gasteiger partial charge on any atom is -0.378 e. The molecule has 124 valence electrons. The molecular weight excluding hydrogens is 362 g/mol. The Balaban J connectivity index is 0.000000595. The number of rotatable bonds is 2. The number of nitrogens with zero attached hydrogens (tertiary/aromatic N) is 3. The van der Waals surface area contributed by atoms with Crippen molar-refractivity contribution in [1.82, 2.24) is 4.98 Å². The van der Waals surface area contributed by atoms with Crippen LogP contribution in [0, 0.1) is 10.1 Å². The van der Waals surface area contributed by atoms with Crippen LogP contribution in [0.25, 0.3) is 10.9 Å². The first-order valence-electron chi connectivity index (χ1n) is 7.64. The molecule has 0 N–H and O–H groups in total. The number of anilines is 1. The van der Waals surface area contributed by atoms with Crippen LogP contribution in [0.3, 0.4) is 0 Å². The van der Waals surface area contributed by atoms with E-state index in [0.717, 1.165) is 15.4 Å². The molecule has 1 fully saturated rings. The van der Waals surface area contributed by atoms with Crippen molar-refractivity contribution in [2.45, 2.75) is 20.3 Å². The highest BCUT2D eigenvalue weighted by atomic mass is 79.9. The lowest BCUT2D eigenvalue weighted by Gasteiger charge is -2.29. The molecule has 2 heterocycles. The van der Waals surface area contributed by atoms with E-state index in [1.165, 1.54) is 12.6 Å². The van der Waals surface area contributed by atoms with Crippen LogP contribution < -0.4 is 4.90 Å². The number of hydrogen-bond donors (Lipinski definition) is 0. The van der Waals surface area contributed by atoms with Gasteiger partial charge in [0.1, 0.15) is 11.9 Å². The molecule has 23 heavy (non-hydrogen) atoms. The number of morpholine rings is 1. The maximum atomic E-state index is 11.3. The Morgan fingerprint density at radius 1 is 1.35 bits per heavy atom. The van der Waals surface area contributed by atoms with Gasteiger partial charge in [-0.15, -0.1) is 0 Å². The third-order valence-electron chi connectivity index (χ3n) is 3.32. The average Bonchev–Trinajstić information content (AvgIpc) is 2.55. The van der Waals surface area contributed by atoms with Crippen molar-refractivity contribution in [3.63, 3.8) is 0 Å². The van der Waals surface area contributed by atoms with E-state index in [1.807, 2.05) is 23.1 Å². The predicted molar refractivity (Wildman–Crippen MR) is 95.1 cm³/mol. The Labute approximate surface area is 143 Å². The quantitative estimate of drug-likeness (QED) is 0.576. The van der Waals surface area contributed by atoms with Gasteiger partial charge in [-0.25, -0.2) is 4.98 Å². The zero-order valence-electron chi connectivity index (χ0n) is 13.3. The van der Waals surface area contributed by atoms with E-state index in [4.69, 9.17) is 4.74 Å². The summed E-state index contributed by atoms with van der Waals surface area (Å²) in [5, 5.41) is 12.1. The van der Waals surface area contributed by atoms with E-state index < -0.39 is 0 Å². The molecular formula is C16H20BrN3O3. The number of aromatic nitrogens is 1. The lowest BCUT2D eigenvalue weighted by atomic mass is 10.1. The van der Waals surface area contributed by atoms with E-state index in [-0.39, 0.29) is 10.6 Å². The molecule has 0 aliphatic carbocycles. The van der Waals surface area contributed by atoms with E-state index in [2.05, 4.69) is 34.8 Å². The van der Waals surface area contributed by atoms with Gasteiger partial charge in [0.05, 0.1) is 23.7 Å². The van der Waals surface area contributed by atoms with E-state index in [0.29, 0.717) is 32.0 Å². The minimum absolute atomic E-state index is 0.0394. The topological polar surface area (TPSA) is 68.5 Å². The molecule has 1 aromatic carbocycles. The Kier molecular flexibility index (Phi) is 6.29. The molecule has 3 rings (SSSR count). The molecule has 0 amide bonds. The SMILES string of the molecule is CCC.O=[N+]([O-])c1cnc2c(Br)cccc2c1N1CCOCC1. The van der Waals surface area contributed by atoms with Crippen molar-refractivity contribution in [2.24, 2.45) is 0 Å². The lowest BCUT2D eigenvalue weighted by Crippen LogP contribution is -2.36. The largest absolute Gasteiger partial charge is 0.378 e. The minimum atomic E-state index is -0.377. The molecule has 6 nitrogen and oxygen atoms in total. The van der Waals surface area contributed by atoms with E-state index in [9.17, 15) is 10.1 Å². The van der Waals surface area contributed by atoms with E-state index >= 15 is 0 Å². The molecule has 0 atom stereocenters. The summed E-state index contributed by atoms with van der Waals surface area (Å²) < 4.78 is 6.15. The Morgan fingerprint density at radius 2 is 2.00 bits per heavy atom. The van der Waals surface area contributed by atoms with Gasteiger partial charge >= 0.3 is 5.69 Å². The van der Waals surface area contributed by atoms with Crippen molar-refractivity contribution in [1.29, 1.82) is 0 Å². The van der Waals surface area contributed by atoms with Crippen LogP contribution in [0.5, 0.6) is 0 Å². The van der Waals surface area contributed by atoms with Gasteiger partial charge in [0.2, 0.25) is 0 Å². The molecule has 0 saturated carbocycles. The third kappa shape index (κ3) is 3.97. The number of pyridine rings is 1. The fourth-order valence-electron chi connectivity index (χ4n) is 2.42. The highest BCUT2D eigenvalue weighted by Crippen LogP contribution is 2.37. The number of halogens is 1. The van der Waals surface area contributed by atoms with Crippen LogP contribution in [0.2, 0.25) is 0 Å². The fraction of sp³-hybridized carbons (Fsp3) is 0.438. The number of hydrogen-bond acceptors (Lipinski definition) is 5. The van der Waals surface area contributed by atoms with Gasteiger partial charge in [0.15, 0.2) is 0 Å². The van der Waals surface area contributed by atoms with Crippen LogP contribution in [-0.4, -0.2) is 36.2 Å². The first-order chi connectivity index (χ1) is 11.1. The average molecular weight is 382 g/mol. The van der Waals surface area contributed by atoms with Crippen LogP contribution in [0.1, 0.15) is 20.3 Å². The maximum Gasteiger partial charge on any atom is 0.311 e. The van der Waals surface area contributed by atoms with Gasteiger partial charge in [0.25, 0.3) is 0 Å². The fourth-order valence-corrected chi connectivity index (χ4v) is 2.88. The zero-order chi connectivity index (χ0) is 16.8. The first-order valence-corrected chi connectivity index (χ1v) is 8.43. The van der Waals surface area contributed by atoms with Crippen molar-refractivity contribution in [3.05, 3.63) is 39.0 Å². The second-order valence-corrected chi connectivity index (χ2v) is 6.05. The molecule has 1 aliphatic heterocycles. The van der Waals surface area contributed by atoms with Crippen molar-refractivity contribution < 1.29 is 9.66 Å². The molecule has 1 saturated heterocycles. The predicted octanol–water partition coefficient (Wildman–Crippen LogP) is 4.16. The number of ether oxygens (including phenoxy) is 1. The second-order valence-electron chi connectivity index (χ2n) is 5.19. The molecule has 1 aliphatic rings. The van der Waals surface area contributed by atoms with Gasteiger partial charge in [-0.05, 0) is 22.0 Å². The smallest absolute Gasteiger partial charge is 0.311 e. The van der Waals surface area contributed by atoms with Crippen LogP contribution in [0.4, 0.5) is 11.4 Å². The number of para-hydroxylation sites is 1. The molecule has 2 aromatic rings. The summed E-state index contributed by atoms with van der Waals surface area (Å²) in [4.78, 5) is 17.1. The summed E-state index contributed by atoms with van der Waals surface area (Å²) in [6, 6.07) is 5.61. The normalized spacial score (nSPS) is 14.3. The third-order valence-corrected chi connectivity index (χ3v) is 3.96. The van der Waals surface area contributed by atoms with Crippen LogP contribution in [0.15, 0.2) is 28.9 Å². The molecule has 0 radical (unpaired) electrons. The molecule has 0 bridgehead atoms. The lowest BCUT2D eigenvalue weighted by molar-refractivity contribution is -0.384. The summed E-state index contributed by atoms with van der Waals surface area (Å²) >= 11 is 3.44. The second kappa shape index (κ2) is 8.21. The summed E-state index contributed by atoms with van der Waals surface area (Å²) in [7, 11) is 0. The Hall–Kier alpha value is -1.73. The monoisotopic (exact) mass is 381 g/mol. The van der Waals surface area contributed by atoms with E-state index in [1.54, 1.807) is 0 Å². The van der Waals surface area contributed by atoms with Crippen molar-refractivity contribution in [2.75, 3.05) is 31.2 Å². The molecule has 0 unspecified atom stereocenters. The zero-order valence-corrected chi connectivity index (χ0v) is 14.9. The number of benzene rings is 1. The number of nitro groups is 1.